The summed E-state index contributed by atoms with van der Waals surface area (Å²) in [5.41, 5.74) is 5.53. The number of amides is 1. The first kappa shape index (κ1) is 21.2. The molecule has 0 atom stereocenters. The maximum Gasteiger partial charge on any atom is 0.413 e. The first-order chi connectivity index (χ1) is 14.5. The van der Waals surface area contributed by atoms with Crippen molar-refractivity contribution >= 4 is 17.6 Å². The molecule has 0 aliphatic carbocycles. The molecule has 3 rings (SSSR count). The average Bonchev–Trinajstić information content (AvgIpc) is 2.78. The molecule has 154 valence electrons. The van der Waals surface area contributed by atoms with E-state index >= 15 is 0 Å². The van der Waals surface area contributed by atoms with E-state index in [0.717, 1.165) is 28.1 Å². The van der Waals surface area contributed by atoms with Gasteiger partial charge in [-0.15, -0.1) is 0 Å². The summed E-state index contributed by atoms with van der Waals surface area (Å²) >= 11 is 0. The number of carbonyl (C=O) groups excluding carboxylic acids is 2. The predicted octanol–water partition coefficient (Wildman–Crippen LogP) is 5.47. The van der Waals surface area contributed by atoms with Gasteiger partial charge in [0.25, 0.3) is 0 Å². The number of aryl methyl sites for hydroxylation is 2. The fourth-order valence-corrected chi connectivity index (χ4v) is 3.10. The average molecular weight is 402 g/mol. The van der Waals surface area contributed by atoms with E-state index in [1.54, 1.807) is 14.0 Å². The van der Waals surface area contributed by atoms with E-state index in [1.165, 1.54) is 4.90 Å². The van der Waals surface area contributed by atoms with Crippen LogP contribution < -0.4 is 4.90 Å². The molecule has 5 heteroatoms. The molecule has 0 fully saturated rings. The molecule has 1 aromatic heterocycles. The summed E-state index contributed by atoms with van der Waals surface area (Å²) in [5.74, 6) is 0.119. The highest BCUT2D eigenvalue weighted by atomic mass is 16.6. The Morgan fingerprint density at radius 2 is 1.57 bits per heavy atom. The largest absolute Gasteiger partial charge is 0.449 e. The fourth-order valence-electron chi connectivity index (χ4n) is 3.10. The van der Waals surface area contributed by atoms with Gasteiger partial charge in [-0.3, -0.25) is 14.7 Å². The first-order valence-electron chi connectivity index (χ1n) is 10.0. The Hall–Kier alpha value is -3.47. The highest BCUT2D eigenvalue weighted by Crippen LogP contribution is 2.24. The number of benzene rings is 2. The van der Waals surface area contributed by atoms with Gasteiger partial charge in [0.2, 0.25) is 0 Å². The second kappa shape index (κ2) is 9.83. The Morgan fingerprint density at radius 3 is 2.13 bits per heavy atom. The van der Waals surface area contributed by atoms with Crippen LogP contribution in [0.15, 0.2) is 66.9 Å². The van der Waals surface area contributed by atoms with Crippen LogP contribution in [0.3, 0.4) is 0 Å². The molecule has 5 nitrogen and oxygen atoms in total. The number of ether oxygens (including phenoxy) is 1. The highest BCUT2D eigenvalue weighted by molar-refractivity contribution is 5.96. The van der Waals surface area contributed by atoms with E-state index < -0.39 is 0 Å². The highest BCUT2D eigenvalue weighted by Gasteiger charge is 2.12. The molecule has 2 aromatic carbocycles. The minimum absolute atomic E-state index is 0.119. The minimum atomic E-state index is -0.380. The fraction of sp³-hybridized carbons (Fsp3) is 0.240. The van der Waals surface area contributed by atoms with Gasteiger partial charge in [0.1, 0.15) is 0 Å². The Labute approximate surface area is 177 Å². The molecule has 0 aliphatic heterocycles. The summed E-state index contributed by atoms with van der Waals surface area (Å²) < 4.78 is 5.01. The van der Waals surface area contributed by atoms with E-state index in [0.29, 0.717) is 25.0 Å². The van der Waals surface area contributed by atoms with E-state index in [2.05, 4.69) is 4.98 Å². The van der Waals surface area contributed by atoms with Gasteiger partial charge in [-0.1, -0.05) is 42.5 Å². The Morgan fingerprint density at radius 1 is 0.933 bits per heavy atom. The number of anilines is 1. The van der Waals surface area contributed by atoms with Crippen LogP contribution in [0.1, 0.15) is 35.0 Å². The van der Waals surface area contributed by atoms with Crippen LogP contribution in [0.5, 0.6) is 0 Å². The van der Waals surface area contributed by atoms with Crippen LogP contribution in [0.2, 0.25) is 0 Å². The van der Waals surface area contributed by atoms with Crippen LogP contribution in [0.4, 0.5) is 10.5 Å². The van der Waals surface area contributed by atoms with Crippen LogP contribution in [-0.2, 0) is 11.2 Å². The molecule has 0 saturated heterocycles. The van der Waals surface area contributed by atoms with Gasteiger partial charge >= 0.3 is 6.09 Å². The zero-order valence-electron chi connectivity index (χ0n) is 17.6. The molecule has 3 aromatic rings. The number of aromatic nitrogens is 1. The Bertz CT molecular complexity index is 994. The standard InChI is InChI=1S/C25H26N2O3/c1-4-30-25(29)27(3)23-14-12-21(13-15-23)20-8-10-22(11-9-20)24(28)16-7-19-6-5-18(2)26-17-19/h5-6,8-15,17H,4,7,16H2,1-3H3. The molecular formula is C25H26N2O3. The number of hydrogen-bond donors (Lipinski definition) is 0. The van der Waals surface area contributed by atoms with Crippen molar-refractivity contribution in [1.82, 2.24) is 4.98 Å². The second-order valence-electron chi connectivity index (χ2n) is 7.11. The van der Waals surface area contributed by atoms with Gasteiger partial charge in [-0.05, 0) is 55.2 Å². The SMILES string of the molecule is CCOC(=O)N(C)c1ccc(-c2ccc(C(=O)CCc3ccc(C)nc3)cc2)cc1. The lowest BCUT2D eigenvalue weighted by Crippen LogP contribution is -2.26. The smallest absolute Gasteiger partial charge is 0.413 e. The number of nitrogens with zero attached hydrogens (tertiary/aromatic N) is 2. The van der Waals surface area contributed by atoms with Crippen molar-refractivity contribution in [2.24, 2.45) is 0 Å². The number of pyridine rings is 1. The molecule has 1 heterocycles. The molecule has 0 unspecified atom stereocenters. The maximum atomic E-state index is 12.5. The zero-order chi connectivity index (χ0) is 21.5. The summed E-state index contributed by atoms with van der Waals surface area (Å²) in [6.45, 7) is 4.07. The van der Waals surface area contributed by atoms with E-state index in [1.807, 2.05) is 73.8 Å². The first-order valence-corrected chi connectivity index (χ1v) is 10.0. The normalized spacial score (nSPS) is 10.5. The summed E-state index contributed by atoms with van der Waals surface area (Å²) in [6, 6.07) is 19.3. The number of hydrogen-bond acceptors (Lipinski definition) is 4. The topological polar surface area (TPSA) is 59.5 Å². The number of carbonyl (C=O) groups is 2. The van der Waals surface area contributed by atoms with Crippen LogP contribution in [0, 0.1) is 6.92 Å². The third kappa shape index (κ3) is 5.32. The molecule has 30 heavy (non-hydrogen) atoms. The summed E-state index contributed by atoms with van der Waals surface area (Å²) in [7, 11) is 1.68. The minimum Gasteiger partial charge on any atom is -0.449 e. The summed E-state index contributed by atoms with van der Waals surface area (Å²) in [5, 5.41) is 0. The van der Waals surface area contributed by atoms with Gasteiger partial charge in [-0.25, -0.2) is 4.79 Å². The number of Topliss-reactive ketones (excluding diaryl/α,β-unsaturated/α-hetero) is 1. The third-order valence-electron chi connectivity index (χ3n) is 4.95. The van der Waals surface area contributed by atoms with Gasteiger partial charge in [0, 0.05) is 36.6 Å². The Balaban J connectivity index is 1.62. The van der Waals surface area contributed by atoms with Crippen molar-refractivity contribution in [3.63, 3.8) is 0 Å². The molecule has 0 saturated carbocycles. The van der Waals surface area contributed by atoms with Crippen molar-refractivity contribution in [3.05, 3.63) is 83.7 Å². The molecule has 0 aliphatic rings. The van der Waals surface area contributed by atoms with Crippen LogP contribution in [0.25, 0.3) is 11.1 Å². The molecule has 0 bridgehead atoms. The van der Waals surface area contributed by atoms with Gasteiger partial charge in [0.15, 0.2) is 5.78 Å². The predicted molar refractivity (Wildman–Crippen MR) is 119 cm³/mol. The van der Waals surface area contributed by atoms with Crippen molar-refractivity contribution in [2.45, 2.75) is 26.7 Å². The number of rotatable bonds is 7. The lowest BCUT2D eigenvalue weighted by atomic mass is 9.99. The van der Waals surface area contributed by atoms with Crippen molar-refractivity contribution in [2.75, 3.05) is 18.6 Å². The van der Waals surface area contributed by atoms with E-state index in [9.17, 15) is 9.59 Å². The molecule has 0 N–H and O–H groups in total. The maximum absolute atomic E-state index is 12.5. The summed E-state index contributed by atoms with van der Waals surface area (Å²) in [6.07, 6.45) is 2.59. The zero-order valence-corrected chi connectivity index (χ0v) is 17.6. The van der Waals surface area contributed by atoms with Crippen LogP contribution >= 0.6 is 0 Å². The second-order valence-corrected chi connectivity index (χ2v) is 7.11. The van der Waals surface area contributed by atoms with Crippen molar-refractivity contribution in [3.8, 4) is 11.1 Å². The van der Waals surface area contributed by atoms with Crippen molar-refractivity contribution < 1.29 is 14.3 Å². The summed E-state index contributed by atoms with van der Waals surface area (Å²) in [4.78, 5) is 30.1. The lowest BCUT2D eigenvalue weighted by molar-refractivity contribution is 0.0982. The number of ketones is 1. The lowest BCUT2D eigenvalue weighted by Gasteiger charge is -2.16. The third-order valence-corrected chi connectivity index (χ3v) is 4.95. The molecule has 0 spiro atoms. The quantitative estimate of drug-likeness (QED) is 0.492. The Kier molecular flexibility index (Phi) is 6.96. The van der Waals surface area contributed by atoms with Gasteiger partial charge < -0.3 is 4.74 Å². The van der Waals surface area contributed by atoms with Crippen LogP contribution in [-0.4, -0.2) is 30.5 Å². The van der Waals surface area contributed by atoms with E-state index in [-0.39, 0.29) is 11.9 Å². The van der Waals surface area contributed by atoms with Gasteiger partial charge in [-0.2, -0.15) is 0 Å². The molecular weight excluding hydrogens is 376 g/mol. The van der Waals surface area contributed by atoms with Crippen molar-refractivity contribution in [1.29, 1.82) is 0 Å². The molecule has 0 radical (unpaired) electrons. The monoisotopic (exact) mass is 402 g/mol. The molecule has 1 amide bonds. The van der Waals surface area contributed by atoms with E-state index in [4.69, 9.17) is 4.74 Å². The van der Waals surface area contributed by atoms with Gasteiger partial charge in [0.05, 0.1) is 6.61 Å².